The van der Waals surface area contributed by atoms with Gasteiger partial charge < -0.3 is 5.32 Å². The van der Waals surface area contributed by atoms with Gasteiger partial charge in [0.1, 0.15) is 0 Å². The number of hydrogen-bond acceptors (Lipinski definition) is 3. The molecule has 80 valence electrons. The standard InChI is InChI=1S/C11H13ClN2S/c1-8-6-7-15-11(13-8)14-10-5-3-2-4-9(10)12/h2-5,8H,6-7H2,1H3,(H,13,14). The lowest BCUT2D eigenvalue weighted by molar-refractivity contribution is 0.720. The molecule has 2 nitrogen and oxygen atoms in total. The molecule has 2 rings (SSSR count). The molecule has 1 atom stereocenters. The summed E-state index contributed by atoms with van der Waals surface area (Å²) in [4.78, 5) is 4.53. The van der Waals surface area contributed by atoms with Crippen LogP contribution in [-0.2, 0) is 0 Å². The zero-order valence-electron chi connectivity index (χ0n) is 8.53. The van der Waals surface area contributed by atoms with Gasteiger partial charge in [-0.3, -0.25) is 4.99 Å². The Kier molecular flexibility index (Phi) is 3.54. The number of thioether (sulfide) groups is 1. The average molecular weight is 241 g/mol. The maximum Gasteiger partial charge on any atom is 0.161 e. The van der Waals surface area contributed by atoms with E-state index >= 15 is 0 Å². The summed E-state index contributed by atoms with van der Waals surface area (Å²) in [6.45, 7) is 2.13. The average Bonchev–Trinajstić information content (AvgIpc) is 2.22. The molecule has 0 radical (unpaired) electrons. The van der Waals surface area contributed by atoms with Crippen molar-refractivity contribution in [2.45, 2.75) is 19.4 Å². The van der Waals surface area contributed by atoms with Crippen LogP contribution in [0.4, 0.5) is 5.69 Å². The van der Waals surface area contributed by atoms with Crippen molar-refractivity contribution in [3.63, 3.8) is 0 Å². The highest BCUT2D eigenvalue weighted by molar-refractivity contribution is 8.14. The molecule has 1 aliphatic heterocycles. The molecule has 15 heavy (non-hydrogen) atoms. The second kappa shape index (κ2) is 4.90. The van der Waals surface area contributed by atoms with Crippen LogP contribution in [0, 0.1) is 0 Å². The van der Waals surface area contributed by atoms with Crippen LogP contribution < -0.4 is 5.32 Å². The third-order valence-corrected chi connectivity index (χ3v) is 3.48. The Morgan fingerprint density at radius 1 is 1.47 bits per heavy atom. The SMILES string of the molecule is CC1CCSC(Nc2ccccc2Cl)=N1. The van der Waals surface area contributed by atoms with Gasteiger partial charge in [0, 0.05) is 5.75 Å². The fourth-order valence-electron chi connectivity index (χ4n) is 1.37. The number of rotatable bonds is 1. The van der Waals surface area contributed by atoms with Crippen LogP contribution >= 0.6 is 23.4 Å². The molecule has 0 aromatic heterocycles. The molecule has 0 fully saturated rings. The Morgan fingerprint density at radius 2 is 2.27 bits per heavy atom. The lowest BCUT2D eigenvalue weighted by atomic mass is 10.3. The predicted molar refractivity (Wildman–Crippen MR) is 69.0 cm³/mol. The Bertz CT molecular complexity index is 379. The van der Waals surface area contributed by atoms with E-state index in [1.54, 1.807) is 11.8 Å². The van der Waals surface area contributed by atoms with E-state index in [0.717, 1.165) is 28.1 Å². The third-order valence-electron chi connectivity index (χ3n) is 2.23. The zero-order valence-corrected chi connectivity index (χ0v) is 10.1. The van der Waals surface area contributed by atoms with Crippen LogP contribution in [0.2, 0.25) is 5.02 Å². The first-order valence-electron chi connectivity index (χ1n) is 4.98. The van der Waals surface area contributed by atoms with Crippen LogP contribution in [0.5, 0.6) is 0 Å². The molecule has 1 aliphatic rings. The second-order valence-electron chi connectivity index (χ2n) is 3.53. The first kappa shape index (κ1) is 10.8. The van der Waals surface area contributed by atoms with Gasteiger partial charge in [-0.25, -0.2) is 0 Å². The summed E-state index contributed by atoms with van der Waals surface area (Å²) in [6.07, 6.45) is 1.15. The van der Waals surface area contributed by atoms with Crippen molar-refractivity contribution in [2.75, 3.05) is 11.1 Å². The molecule has 1 unspecified atom stereocenters. The number of amidine groups is 1. The monoisotopic (exact) mass is 240 g/mol. The number of para-hydroxylation sites is 1. The number of benzene rings is 1. The molecule has 4 heteroatoms. The first-order valence-corrected chi connectivity index (χ1v) is 6.34. The van der Waals surface area contributed by atoms with Gasteiger partial charge in [-0.15, -0.1) is 0 Å². The van der Waals surface area contributed by atoms with Gasteiger partial charge >= 0.3 is 0 Å². The van der Waals surface area contributed by atoms with E-state index in [-0.39, 0.29) is 0 Å². The molecule has 0 aliphatic carbocycles. The largest absolute Gasteiger partial charge is 0.334 e. The molecule has 0 bridgehead atoms. The van der Waals surface area contributed by atoms with Gasteiger partial charge in [-0.05, 0) is 25.5 Å². The Balaban J connectivity index is 2.12. The maximum atomic E-state index is 6.05. The van der Waals surface area contributed by atoms with E-state index in [4.69, 9.17) is 11.6 Å². The summed E-state index contributed by atoms with van der Waals surface area (Å²) in [5, 5.41) is 4.97. The topological polar surface area (TPSA) is 24.4 Å². The fraction of sp³-hybridized carbons (Fsp3) is 0.364. The van der Waals surface area contributed by atoms with Crippen LogP contribution in [0.25, 0.3) is 0 Å². The molecular formula is C11H13ClN2S. The lowest BCUT2D eigenvalue weighted by Crippen LogP contribution is -2.18. The van der Waals surface area contributed by atoms with Crippen LogP contribution in [0.15, 0.2) is 29.3 Å². The zero-order chi connectivity index (χ0) is 10.7. The van der Waals surface area contributed by atoms with Gasteiger partial charge in [-0.1, -0.05) is 35.5 Å². The first-order chi connectivity index (χ1) is 7.25. The summed E-state index contributed by atoms with van der Waals surface area (Å²) >= 11 is 7.80. The highest BCUT2D eigenvalue weighted by Gasteiger charge is 2.12. The van der Waals surface area contributed by atoms with E-state index in [0.29, 0.717) is 6.04 Å². The Morgan fingerprint density at radius 3 is 3.00 bits per heavy atom. The van der Waals surface area contributed by atoms with Crippen LogP contribution in [0.1, 0.15) is 13.3 Å². The van der Waals surface area contributed by atoms with Crippen molar-refractivity contribution < 1.29 is 0 Å². The van der Waals surface area contributed by atoms with Crippen molar-refractivity contribution in [3.05, 3.63) is 29.3 Å². The Labute approximate surface area is 99.1 Å². The second-order valence-corrected chi connectivity index (χ2v) is 5.02. The Hall–Kier alpha value is -0.670. The normalized spacial score (nSPS) is 20.9. The van der Waals surface area contributed by atoms with E-state index in [1.165, 1.54) is 0 Å². The van der Waals surface area contributed by atoms with E-state index in [1.807, 2.05) is 24.3 Å². The minimum Gasteiger partial charge on any atom is -0.334 e. The van der Waals surface area contributed by atoms with Gasteiger partial charge in [0.05, 0.1) is 16.8 Å². The maximum absolute atomic E-state index is 6.05. The highest BCUT2D eigenvalue weighted by atomic mass is 35.5. The molecule has 0 saturated heterocycles. The molecule has 1 heterocycles. The van der Waals surface area contributed by atoms with E-state index in [9.17, 15) is 0 Å². The molecule has 0 saturated carbocycles. The molecule has 1 N–H and O–H groups in total. The van der Waals surface area contributed by atoms with Gasteiger partial charge in [0.2, 0.25) is 0 Å². The van der Waals surface area contributed by atoms with Crippen LogP contribution in [0.3, 0.4) is 0 Å². The minimum absolute atomic E-state index is 0.413. The number of nitrogens with one attached hydrogen (secondary N) is 1. The van der Waals surface area contributed by atoms with Gasteiger partial charge in [0.15, 0.2) is 5.17 Å². The number of hydrogen-bond donors (Lipinski definition) is 1. The summed E-state index contributed by atoms with van der Waals surface area (Å²) in [7, 11) is 0. The summed E-state index contributed by atoms with van der Waals surface area (Å²) in [6, 6.07) is 8.14. The summed E-state index contributed by atoms with van der Waals surface area (Å²) in [5.41, 5.74) is 0.930. The van der Waals surface area contributed by atoms with Crippen molar-refractivity contribution >= 4 is 34.2 Å². The number of aliphatic imine (C=N–C) groups is 1. The van der Waals surface area contributed by atoms with Crippen LogP contribution in [-0.4, -0.2) is 17.0 Å². The predicted octanol–water partition coefficient (Wildman–Crippen LogP) is 3.63. The third kappa shape index (κ3) is 2.89. The molecule has 0 amide bonds. The smallest absolute Gasteiger partial charge is 0.161 e. The minimum atomic E-state index is 0.413. The molecule has 1 aromatic carbocycles. The van der Waals surface area contributed by atoms with Crippen molar-refractivity contribution in [3.8, 4) is 0 Å². The van der Waals surface area contributed by atoms with Gasteiger partial charge in [0.25, 0.3) is 0 Å². The summed E-state index contributed by atoms with van der Waals surface area (Å²) < 4.78 is 0. The van der Waals surface area contributed by atoms with Crippen molar-refractivity contribution in [1.82, 2.24) is 0 Å². The lowest BCUT2D eigenvalue weighted by Gasteiger charge is -2.18. The number of halogens is 1. The molecular weight excluding hydrogens is 228 g/mol. The van der Waals surface area contributed by atoms with Gasteiger partial charge in [-0.2, -0.15) is 0 Å². The summed E-state index contributed by atoms with van der Waals surface area (Å²) in [5.74, 6) is 1.12. The highest BCUT2D eigenvalue weighted by Crippen LogP contribution is 2.24. The quantitative estimate of drug-likeness (QED) is 0.811. The van der Waals surface area contributed by atoms with Crippen molar-refractivity contribution in [2.24, 2.45) is 4.99 Å². The van der Waals surface area contributed by atoms with E-state index < -0.39 is 0 Å². The van der Waals surface area contributed by atoms with E-state index in [2.05, 4.69) is 17.2 Å². The molecule has 0 spiro atoms. The number of nitrogens with zero attached hydrogens (tertiary/aromatic N) is 1. The molecule has 1 aromatic rings. The number of anilines is 1. The van der Waals surface area contributed by atoms with Crippen molar-refractivity contribution in [1.29, 1.82) is 0 Å². The fourth-order valence-corrected chi connectivity index (χ4v) is 2.65.